The zero-order valence-electron chi connectivity index (χ0n) is 13.5. The maximum Gasteiger partial charge on any atom is 0.328 e. The monoisotopic (exact) mass is 286 g/mol. The highest BCUT2D eigenvalue weighted by Crippen LogP contribution is 2.11. The average molecular weight is 286 g/mol. The molecule has 0 aliphatic rings. The molecule has 0 aromatic carbocycles. The van der Waals surface area contributed by atoms with Crippen molar-refractivity contribution in [2.45, 2.75) is 59.4 Å². The van der Waals surface area contributed by atoms with Gasteiger partial charge < -0.3 is 15.4 Å². The number of carbonyl (C=O) groups is 2. The fraction of sp³-hybridized carbons (Fsp3) is 0.867. The minimum Gasteiger partial charge on any atom is -0.467 e. The number of urea groups is 1. The lowest BCUT2D eigenvalue weighted by molar-refractivity contribution is -0.143. The topological polar surface area (TPSA) is 67.4 Å². The van der Waals surface area contributed by atoms with Crippen LogP contribution < -0.4 is 10.6 Å². The number of methoxy groups -OCH3 is 1. The molecule has 0 rings (SSSR count). The molecule has 0 spiro atoms. The van der Waals surface area contributed by atoms with Crippen molar-refractivity contribution in [3.05, 3.63) is 0 Å². The molecule has 0 radical (unpaired) electrons. The standard InChI is InChI=1S/C15H30N2O3/c1-6-8-9-12(7-2)10-16-15(19)17-13(11(3)4)14(18)20-5/h11-13H,6-10H2,1-5H3,(H2,16,17,19). The number of esters is 1. The van der Waals surface area contributed by atoms with Crippen LogP contribution in [0, 0.1) is 11.8 Å². The van der Waals surface area contributed by atoms with Crippen molar-refractivity contribution in [2.24, 2.45) is 11.8 Å². The number of hydrogen-bond acceptors (Lipinski definition) is 3. The summed E-state index contributed by atoms with van der Waals surface area (Å²) >= 11 is 0. The molecule has 0 aromatic rings. The van der Waals surface area contributed by atoms with E-state index in [1.54, 1.807) is 0 Å². The van der Waals surface area contributed by atoms with Gasteiger partial charge in [0, 0.05) is 6.54 Å². The molecule has 20 heavy (non-hydrogen) atoms. The first-order chi connectivity index (χ1) is 9.46. The molecule has 0 saturated carbocycles. The normalized spacial score (nSPS) is 13.7. The van der Waals surface area contributed by atoms with Gasteiger partial charge in [-0.05, 0) is 18.3 Å². The van der Waals surface area contributed by atoms with E-state index in [0.29, 0.717) is 12.5 Å². The Labute approximate surface area is 122 Å². The average Bonchev–Trinajstić information content (AvgIpc) is 2.43. The molecule has 5 heteroatoms. The molecule has 0 fully saturated rings. The minimum absolute atomic E-state index is 0.00439. The Kier molecular flexibility index (Phi) is 9.86. The van der Waals surface area contributed by atoms with Crippen molar-refractivity contribution in [3.8, 4) is 0 Å². The maximum atomic E-state index is 11.8. The van der Waals surface area contributed by atoms with Crippen LogP contribution in [0.5, 0.6) is 0 Å². The van der Waals surface area contributed by atoms with Crippen molar-refractivity contribution in [1.29, 1.82) is 0 Å². The number of carbonyl (C=O) groups excluding carboxylic acids is 2. The highest BCUT2D eigenvalue weighted by atomic mass is 16.5. The van der Waals surface area contributed by atoms with Gasteiger partial charge in [0.05, 0.1) is 7.11 Å². The zero-order chi connectivity index (χ0) is 15.5. The van der Waals surface area contributed by atoms with Crippen LogP contribution in [-0.4, -0.2) is 31.7 Å². The SMILES string of the molecule is CCCCC(CC)CNC(=O)NC(C(=O)OC)C(C)C. The van der Waals surface area contributed by atoms with Crippen molar-refractivity contribution in [2.75, 3.05) is 13.7 Å². The van der Waals surface area contributed by atoms with Crippen molar-refractivity contribution in [3.63, 3.8) is 0 Å². The summed E-state index contributed by atoms with van der Waals surface area (Å²) in [4.78, 5) is 23.4. The molecular weight excluding hydrogens is 256 g/mol. The van der Waals surface area contributed by atoms with Crippen LogP contribution in [0.1, 0.15) is 53.4 Å². The van der Waals surface area contributed by atoms with Crippen molar-refractivity contribution < 1.29 is 14.3 Å². The second-order valence-electron chi connectivity index (χ2n) is 5.52. The van der Waals surface area contributed by atoms with Gasteiger partial charge in [-0.2, -0.15) is 0 Å². The van der Waals surface area contributed by atoms with Gasteiger partial charge in [-0.25, -0.2) is 9.59 Å². The summed E-state index contributed by atoms with van der Waals surface area (Å²) in [7, 11) is 1.33. The van der Waals surface area contributed by atoms with Gasteiger partial charge in [-0.1, -0.05) is 47.0 Å². The van der Waals surface area contributed by atoms with Crippen LogP contribution in [0.25, 0.3) is 0 Å². The van der Waals surface area contributed by atoms with E-state index in [1.165, 1.54) is 20.0 Å². The first-order valence-corrected chi connectivity index (χ1v) is 7.58. The van der Waals surface area contributed by atoms with E-state index in [0.717, 1.165) is 12.8 Å². The van der Waals surface area contributed by atoms with Gasteiger partial charge in [0.15, 0.2) is 0 Å². The highest BCUT2D eigenvalue weighted by molar-refractivity contribution is 5.83. The first-order valence-electron chi connectivity index (χ1n) is 7.58. The van der Waals surface area contributed by atoms with E-state index in [4.69, 9.17) is 4.74 Å². The minimum atomic E-state index is -0.601. The zero-order valence-corrected chi connectivity index (χ0v) is 13.5. The van der Waals surface area contributed by atoms with Crippen LogP contribution in [0.15, 0.2) is 0 Å². The third-order valence-corrected chi connectivity index (χ3v) is 3.50. The molecule has 2 amide bonds. The van der Waals surface area contributed by atoms with Gasteiger partial charge >= 0.3 is 12.0 Å². The summed E-state index contributed by atoms with van der Waals surface area (Å²) in [5, 5.41) is 5.53. The molecule has 2 unspecified atom stereocenters. The predicted molar refractivity (Wildman–Crippen MR) is 80.5 cm³/mol. The Bertz CT molecular complexity index is 293. The Morgan fingerprint density at radius 1 is 1.20 bits per heavy atom. The van der Waals surface area contributed by atoms with Crippen molar-refractivity contribution in [1.82, 2.24) is 10.6 Å². The number of hydrogen-bond donors (Lipinski definition) is 2. The molecule has 5 nitrogen and oxygen atoms in total. The first kappa shape index (κ1) is 18.7. The lowest BCUT2D eigenvalue weighted by Crippen LogP contribution is -2.49. The van der Waals surface area contributed by atoms with Gasteiger partial charge in [0.1, 0.15) is 6.04 Å². The molecule has 0 aliphatic heterocycles. The van der Waals surface area contributed by atoms with E-state index in [2.05, 4.69) is 24.5 Å². The summed E-state index contributed by atoms with van der Waals surface area (Å²) < 4.78 is 4.69. The predicted octanol–water partition coefficient (Wildman–Crippen LogP) is 2.70. The molecule has 0 saturated heterocycles. The Balaban J connectivity index is 4.22. The van der Waals surface area contributed by atoms with Gasteiger partial charge in [-0.15, -0.1) is 0 Å². The second kappa shape index (κ2) is 10.5. The maximum absolute atomic E-state index is 11.8. The Morgan fingerprint density at radius 3 is 2.30 bits per heavy atom. The number of amides is 2. The molecule has 0 bridgehead atoms. The summed E-state index contributed by atoms with van der Waals surface area (Å²) in [6, 6.07) is -0.903. The van der Waals surface area contributed by atoms with E-state index in [9.17, 15) is 9.59 Å². The third-order valence-electron chi connectivity index (χ3n) is 3.50. The fourth-order valence-electron chi connectivity index (χ4n) is 2.00. The number of unbranched alkanes of at least 4 members (excludes halogenated alkanes) is 1. The quantitative estimate of drug-likeness (QED) is 0.640. The van der Waals surface area contributed by atoms with Gasteiger partial charge in [0.25, 0.3) is 0 Å². The van der Waals surface area contributed by atoms with Crippen LogP contribution in [0.3, 0.4) is 0 Å². The fourth-order valence-corrected chi connectivity index (χ4v) is 2.00. The van der Waals surface area contributed by atoms with Crippen LogP contribution in [0.4, 0.5) is 4.79 Å². The second-order valence-corrected chi connectivity index (χ2v) is 5.52. The molecule has 2 N–H and O–H groups in total. The molecule has 0 aromatic heterocycles. The summed E-state index contributed by atoms with van der Waals surface area (Å²) in [5.74, 6) is 0.0831. The Hall–Kier alpha value is -1.26. The van der Waals surface area contributed by atoms with Gasteiger partial charge in [-0.3, -0.25) is 0 Å². The smallest absolute Gasteiger partial charge is 0.328 e. The lowest BCUT2D eigenvalue weighted by atomic mass is 9.99. The molecule has 0 aliphatic carbocycles. The van der Waals surface area contributed by atoms with E-state index in [-0.39, 0.29) is 11.9 Å². The number of rotatable bonds is 9. The van der Waals surface area contributed by atoms with Crippen LogP contribution in [0.2, 0.25) is 0 Å². The molecule has 2 atom stereocenters. The van der Waals surface area contributed by atoms with E-state index < -0.39 is 12.0 Å². The summed E-state index contributed by atoms with van der Waals surface area (Å²) in [5.41, 5.74) is 0. The van der Waals surface area contributed by atoms with E-state index >= 15 is 0 Å². The lowest BCUT2D eigenvalue weighted by Gasteiger charge is -2.21. The molecule has 0 heterocycles. The summed E-state index contributed by atoms with van der Waals surface area (Å²) in [6.07, 6.45) is 4.52. The van der Waals surface area contributed by atoms with Crippen LogP contribution in [-0.2, 0) is 9.53 Å². The number of nitrogens with one attached hydrogen (secondary N) is 2. The van der Waals surface area contributed by atoms with E-state index in [1.807, 2.05) is 13.8 Å². The Morgan fingerprint density at radius 2 is 1.85 bits per heavy atom. The number of ether oxygens (including phenoxy) is 1. The third kappa shape index (κ3) is 7.36. The van der Waals surface area contributed by atoms with Crippen molar-refractivity contribution >= 4 is 12.0 Å². The summed E-state index contributed by atoms with van der Waals surface area (Å²) in [6.45, 7) is 8.69. The molecule has 118 valence electrons. The largest absolute Gasteiger partial charge is 0.467 e. The highest BCUT2D eigenvalue weighted by Gasteiger charge is 2.24. The molecular formula is C15H30N2O3. The van der Waals surface area contributed by atoms with Crippen LogP contribution >= 0.6 is 0 Å². The van der Waals surface area contributed by atoms with Gasteiger partial charge in [0.2, 0.25) is 0 Å².